The van der Waals surface area contributed by atoms with Crippen molar-refractivity contribution in [2.24, 2.45) is 0 Å². The summed E-state index contributed by atoms with van der Waals surface area (Å²) in [6, 6.07) is 63.8. The van der Waals surface area contributed by atoms with E-state index in [-0.39, 0.29) is 0 Å². The fraction of sp³-hybridized carbons (Fsp3) is 0. The molecule has 3 heterocycles. The summed E-state index contributed by atoms with van der Waals surface area (Å²) in [5, 5.41) is 11.1. The molecule has 0 aliphatic heterocycles. The lowest BCUT2D eigenvalue weighted by Gasteiger charge is -2.11. The average molecular weight is 747 g/mol. The molecule has 0 amide bonds. The Morgan fingerprint density at radius 1 is 0.321 bits per heavy atom. The van der Waals surface area contributed by atoms with E-state index in [2.05, 4.69) is 176 Å². The predicted octanol–water partition coefficient (Wildman–Crippen LogP) is 15.3. The number of hydrogen-bond acceptors (Lipinski definition) is 4. The summed E-state index contributed by atoms with van der Waals surface area (Å²) in [5.74, 6) is 0.730. The van der Waals surface area contributed by atoms with Crippen LogP contribution < -0.4 is 0 Å². The van der Waals surface area contributed by atoms with E-state index < -0.39 is 0 Å². The van der Waals surface area contributed by atoms with Crippen LogP contribution in [0.3, 0.4) is 0 Å². The van der Waals surface area contributed by atoms with E-state index in [1.165, 1.54) is 78.8 Å². The van der Waals surface area contributed by atoms with Crippen LogP contribution in [0.2, 0.25) is 0 Å². The fourth-order valence-corrected chi connectivity index (χ4v) is 11.3. The van der Waals surface area contributed by atoms with Crippen molar-refractivity contribution in [2.45, 2.75) is 0 Å². The number of rotatable bonds is 4. The van der Waals surface area contributed by atoms with Crippen molar-refractivity contribution in [3.63, 3.8) is 0 Å². The zero-order valence-electron chi connectivity index (χ0n) is 30.0. The van der Waals surface area contributed by atoms with Gasteiger partial charge in [0.1, 0.15) is 0 Å². The molecule has 0 bridgehead atoms. The minimum Gasteiger partial charge on any atom is -0.236 e. The van der Waals surface area contributed by atoms with Gasteiger partial charge in [-0.1, -0.05) is 158 Å². The maximum absolute atomic E-state index is 5.23. The van der Waals surface area contributed by atoms with Gasteiger partial charge in [0.05, 0.1) is 5.52 Å². The van der Waals surface area contributed by atoms with Crippen LogP contribution in [-0.2, 0) is 0 Å². The number of fused-ring (bicyclic) bond motifs is 12. The summed E-state index contributed by atoms with van der Waals surface area (Å²) < 4.78 is 5.33. The maximum atomic E-state index is 5.23. The third kappa shape index (κ3) is 4.80. The Hall–Kier alpha value is -6.72. The lowest BCUT2D eigenvalue weighted by molar-refractivity contribution is 1.23. The van der Waals surface area contributed by atoms with Crippen LogP contribution in [0.1, 0.15) is 0 Å². The average Bonchev–Trinajstić information content (AvgIpc) is 3.85. The predicted molar refractivity (Wildman–Crippen MR) is 242 cm³/mol. The standard InChI is InChI=1S/C52H30N2S2/c1-2-18-38-36(16-1)37-17-3-4-20-40(37)48-46(38)30-53-52(54-48)34-15-8-13-32(29-34)31-12-7-14-33(28-31)35-21-9-23-42-44-25-11-26-45(51(44)56-49(35)42)43-24-10-22-41-39-19-5-6-27-47(39)55-50(41)43/h1-30H. The molecule has 9 aromatic carbocycles. The van der Waals surface area contributed by atoms with E-state index in [9.17, 15) is 0 Å². The maximum Gasteiger partial charge on any atom is 0.159 e. The van der Waals surface area contributed by atoms with Gasteiger partial charge in [0.15, 0.2) is 5.82 Å². The number of hydrogen-bond donors (Lipinski definition) is 0. The minimum absolute atomic E-state index is 0.730. The van der Waals surface area contributed by atoms with E-state index >= 15 is 0 Å². The number of thiophene rings is 2. The molecule has 0 N–H and O–H groups in total. The molecule has 56 heavy (non-hydrogen) atoms. The molecule has 0 fully saturated rings. The van der Waals surface area contributed by atoms with E-state index in [0.717, 1.165) is 38.8 Å². The van der Waals surface area contributed by atoms with E-state index in [1.54, 1.807) is 0 Å². The van der Waals surface area contributed by atoms with Crippen molar-refractivity contribution < 1.29 is 0 Å². The molecule has 0 aliphatic carbocycles. The van der Waals surface area contributed by atoms with Crippen LogP contribution >= 0.6 is 22.7 Å². The minimum atomic E-state index is 0.730. The zero-order chi connectivity index (χ0) is 36.7. The Labute approximate surface area is 330 Å². The molecular formula is C52H30N2S2. The first-order chi connectivity index (χ1) is 27.8. The Balaban J connectivity index is 0.963. The summed E-state index contributed by atoms with van der Waals surface area (Å²) in [4.78, 5) is 10.2. The van der Waals surface area contributed by atoms with Gasteiger partial charge in [-0.15, -0.1) is 22.7 Å². The molecule has 3 aromatic heterocycles. The smallest absolute Gasteiger partial charge is 0.159 e. The van der Waals surface area contributed by atoms with Crippen LogP contribution in [0.5, 0.6) is 0 Å². The molecule has 12 aromatic rings. The molecule has 0 saturated carbocycles. The second-order valence-electron chi connectivity index (χ2n) is 14.5. The second kappa shape index (κ2) is 12.4. The molecule has 2 nitrogen and oxygen atoms in total. The largest absolute Gasteiger partial charge is 0.236 e. The van der Waals surface area contributed by atoms with Crippen molar-refractivity contribution in [3.8, 4) is 44.8 Å². The van der Waals surface area contributed by atoms with Crippen molar-refractivity contribution in [3.05, 3.63) is 182 Å². The molecule has 4 heteroatoms. The highest BCUT2D eigenvalue weighted by Crippen LogP contribution is 2.47. The first-order valence-electron chi connectivity index (χ1n) is 18.9. The normalized spacial score (nSPS) is 11.9. The van der Waals surface area contributed by atoms with Gasteiger partial charge in [-0.2, -0.15) is 0 Å². The van der Waals surface area contributed by atoms with Crippen molar-refractivity contribution in [1.82, 2.24) is 9.97 Å². The highest BCUT2D eigenvalue weighted by molar-refractivity contribution is 7.27. The molecule has 0 atom stereocenters. The van der Waals surface area contributed by atoms with Crippen LogP contribution in [0.15, 0.2) is 182 Å². The van der Waals surface area contributed by atoms with Gasteiger partial charge in [-0.05, 0) is 56.6 Å². The molecule has 0 radical (unpaired) electrons. The van der Waals surface area contributed by atoms with Gasteiger partial charge in [0.2, 0.25) is 0 Å². The summed E-state index contributed by atoms with van der Waals surface area (Å²) >= 11 is 3.81. The summed E-state index contributed by atoms with van der Waals surface area (Å²) in [6.45, 7) is 0. The second-order valence-corrected chi connectivity index (χ2v) is 16.5. The molecular weight excluding hydrogens is 717 g/mol. The molecule has 12 rings (SSSR count). The quantitative estimate of drug-likeness (QED) is 0.168. The molecule has 0 unspecified atom stereocenters. The third-order valence-corrected chi connectivity index (χ3v) is 13.8. The van der Waals surface area contributed by atoms with Gasteiger partial charge in [-0.25, -0.2) is 9.97 Å². The first-order valence-corrected chi connectivity index (χ1v) is 20.5. The Kier molecular flexibility index (Phi) is 7.00. The Morgan fingerprint density at radius 3 is 1.50 bits per heavy atom. The first kappa shape index (κ1) is 31.6. The van der Waals surface area contributed by atoms with Crippen LogP contribution in [-0.4, -0.2) is 9.97 Å². The molecule has 0 spiro atoms. The molecule has 0 saturated heterocycles. The summed E-state index contributed by atoms with van der Waals surface area (Å²) in [7, 11) is 0. The lowest BCUT2D eigenvalue weighted by atomic mass is 9.96. The van der Waals surface area contributed by atoms with E-state index in [1.807, 2.05) is 28.9 Å². The SMILES string of the molecule is c1cc(-c2cccc(-c3cccc4c3sc3c(-c5cccc6c5sc5ccccc56)cccc34)c2)cc(-c2ncc3c4ccccc4c4ccccc4c3n2)c1. The van der Waals surface area contributed by atoms with Gasteiger partial charge in [0, 0.05) is 74.0 Å². The van der Waals surface area contributed by atoms with Crippen LogP contribution in [0.25, 0.3) is 118 Å². The van der Waals surface area contributed by atoms with Crippen LogP contribution in [0.4, 0.5) is 0 Å². The van der Waals surface area contributed by atoms with Crippen molar-refractivity contribution in [1.29, 1.82) is 0 Å². The lowest BCUT2D eigenvalue weighted by Crippen LogP contribution is -1.93. The highest BCUT2D eigenvalue weighted by Gasteiger charge is 2.18. The van der Waals surface area contributed by atoms with Gasteiger partial charge in [-0.3, -0.25) is 0 Å². The fourth-order valence-electron chi connectivity index (χ4n) is 8.72. The van der Waals surface area contributed by atoms with Gasteiger partial charge in [0.25, 0.3) is 0 Å². The van der Waals surface area contributed by atoms with Gasteiger partial charge < -0.3 is 0 Å². The van der Waals surface area contributed by atoms with E-state index in [4.69, 9.17) is 9.97 Å². The number of benzene rings is 9. The Morgan fingerprint density at radius 2 is 0.786 bits per heavy atom. The zero-order valence-corrected chi connectivity index (χ0v) is 31.7. The van der Waals surface area contributed by atoms with Gasteiger partial charge >= 0.3 is 0 Å². The highest BCUT2D eigenvalue weighted by atomic mass is 32.1. The number of aromatic nitrogens is 2. The third-order valence-electron chi connectivity index (χ3n) is 11.3. The van der Waals surface area contributed by atoms with Crippen molar-refractivity contribution in [2.75, 3.05) is 0 Å². The summed E-state index contributed by atoms with van der Waals surface area (Å²) in [6.07, 6.45) is 2.00. The summed E-state index contributed by atoms with van der Waals surface area (Å²) in [5.41, 5.74) is 9.35. The molecule has 0 aliphatic rings. The topological polar surface area (TPSA) is 25.8 Å². The molecule has 260 valence electrons. The van der Waals surface area contributed by atoms with Crippen molar-refractivity contribution >= 4 is 95.5 Å². The number of nitrogens with zero attached hydrogens (tertiary/aromatic N) is 2. The van der Waals surface area contributed by atoms with E-state index in [0.29, 0.717) is 0 Å². The van der Waals surface area contributed by atoms with Crippen LogP contribution in [0, 0.1) is 0 Å². The Bertz CT molecular complexity index is 3520. The monoisotopic (exact) mass is 746 g/mol.